The summed E-state index contributed by atoms with van der Waals surface area (Å²) in [6, 6.07) is 11.1. The standard InChI is InChI=1S/C14H13ClN2O3S/c15-11-6-7-16-13(10-11)14(18)17-8-9-21(19,20)12-4-2-1-3-5-12/h1-7,10H,8-9H2,(H,17,18). The highest BCUT2D eigenvalue weighted by molar-refractivity contribution is 7.91. The Morgan fingerprint density at radius 3 is 2.57 bits per heavy atom. The molecule has 7 heteroatoms. The molecule has 2 aromatic rings. The van der Waals surface area contributed by atoms with Gasteiger partial charge in [0.05, 0.1) is 10.6 Å². The number of rotatable bonds is 5. The molecule has 1 aromatic carbocycles. The van der Waals surface area contributed by atoms with Gasteiger partial charge in [-0.2, -0.15) is 0 Å². The summed E-state index contributed by atoms with van der Waals surface area (Å²) in [6.45, 7) is 0.00422. The number of amides is 1. The van der Waals surface area contributed by atoms with E-state index < -0.39 is 15.7 Å². The smallest absolute Gasteiger partial charge is 0.269 e. The van der Waals surface area contributed by atoms with Crippen LogP contribution in [0.2, 0.25) is 5.02 Å². The minimum absolute atomic E-state index is 0.00422. The largest absolute Gasteiger partial charge is 0.350 e. The maximum Gasteiger partial charge on any atom is 0.269 e. The van der Waals surface area contributed by atoms with Gasteiger partial charge < -0.3 is 5.32 Å². The van der Waals surface area contributed by atoms with Crippen LogP contribution in [0.25, 0.3) is 0 Å². The maximum absolute atomic E-state index is 12.0. The summed E-state index contributed by atoms with van der Waals surface area (Å²) in [7, 11) is -3.41. The lowest BCUT2D eigenvalue weighted by atomic mass is 10.3. The highest BCUT2D eigenvalue weighted by atomic mass is 35.5. The molecule has 2 rings (SSSR count). The van der Waals surface area contributed by atoms with Crippen LogP contribution in [0.5, 0.6) is 0 Å². The predicted octanol–water partition coefficient (Wildman–Crippen LogP) is 1.94. The number of nitrogens with zero attached hydrogens (tertiary/aromatic N) is 1. The second-order valence-electron chi connectivity index (χ2n) is 4.25. The van der Waals surface area contributed by atoms with Crippen LogP contribution in [0, 0.1) is 0 Å². The second kappa shape index (κ2) is 6.69. The van der Waals surface area contributed by atoms with Crippen molar-refractivity contribution in [2.75, 3.05) is 12.3 Å². The fourth-order valence-electron chi connectivity index (χ4n) is 1.66. The number of nitrogens with one attached hydrogen (secondary N) is 1. The molecule has 1 N–H and O–H groups in total. The van der Waals surface area contributed by atoms with Crippen molar-refractivity contribution < 1.29 is 13.2 Å². The first kappa shape index (κ1) is 15.5. The normalized spacial score (nSPS) is 11.1. The summed E-state index contributed by atoms with van der Waals surface area (Å²) in [4.78, 5) is 15.9. The number of sulfone groups is 1. The van der Waals surface area contributed by atoms with Gasteiger partial charge in [-0.25, -0.2) is 8.42 Å². The Morgan fingerprint density at radius 2 is 1.90 bits per heavy atom. The Morgan fingerprint density at radius 1 is 1.19 bits per heavy atom. The van der Waals surface area contributed by atoms with E-state index in [2.05, 4.69) is 10.3 Å². The van der Waals surface area contributed by atoms with Crippen molar-refractivity contribution in [1.29, 1.82) is 0 Å². The number of carbonyl (C=O) groups is 1. The molecule has 1 aromatic heterocycles. The quantitative estimate of drug-likeness (QED) is 0.912. The predicted molar refractivity (Wildman–Crippen MR) is 80.1 cm³/mol. The van der Waals surface area contributed by atoms with Crippen LogP contribution in [-0.2, 0) is 9.84 Å². The van der Waals surface area contributed by atoms with E-state index in [1.165, 1.54) is 24.4 Å². The molecule has 1 heterocycles. The van der Waals surface area contributed by atoms with E-state index >= 15 is 0 Å². The number of carbonyl (C=O) groups excluding carboxylic acids is 1. The second-order valence-corrected chi connectivity index (χ2v) is 6.79. The van der Waals surface area contributed by atoms with Crippen molar-refractivity contribution in [3.8, 4) is 0 Å². The minimum atomic E-state index is -3.41. The summed E-state index contributed by atoms with van der Waals surface area (Å²) >= 11 is 5.76. The van der Waals surface area contributed by atoms with Crippen molar-refractivity contribution in [1.82, 2.24) is 10.3 Å². The van der Waals surface area contributed by atoms with E-state index in [1.54, 1.807) is 24.3 Å². The Labute approximate surface area is 127 Å². The molecular weight excluding hydrogens is 312 g/mol. The molecule has 0 bridgehead atoms. The third kappa shape index (κ3) is 4.27. The van der Waals surface area contributed by atoms with Crippen LogP contribution in [-0.4, -0.2) is 31.6 Å². The van der Waals surface area contributed by atoms with E-state index in [9.17, 15) is 13.2 Å². The molecule has 0 aliphatic heterocycles. The molecule has 0 aliphatic carbocycles. The van der Waals surface area contributed by atoms with Gasteiger partial charge in [0.1, 0.15) is 5.69 Å². The van der Waals surface area contributed by atoms with Gasteiger partial charge in [0.15, 0.2) is 9.84 Å². The summed E-state index contributed by atoms with van der Waals surface area (Å²) in [5.74, 6) is -0.635. The number of pyridine rings is 1. The van der Waals surface area contributed by atoms with Crippen LogP contribution in [0.1, 0.15) is 10.5 Å². The van der Waals surface area contributed by atoms with Crippen LogP contribution in [0.3, 0.4) is 0 Å². The van der Waals surface area contributed by atoms with Gasteiger partial charge in [-0.1, -0.05) is 29.8 Å². The van der Waals surface area contributed by atoms with Crippen LogP contribution >= 0.6 is 11.6 Å². The molecule has 0 aliphatic rings. The lowest BCUT2D eigenvalue weighted by Gasteiger charge is -2.06. The first-order valence-electron chi connectivity index (χ1n) is 6.16. The number of halogens is 1. The lowest BCUT2D eigenvalue weighted by molar-refractivity contribution is 0.0951. The highest BCUT2D eigenvalue weighted by Crippen LogP contribution is 2.10. The average Bonchev–Trinajstić information content (AvgIpc) is 2.48. The molecule has 0 unspecified atom stereocenters. The molecule has 0 radical (unpaired) electrons. The third-order valence-corrected chi connectivity index (χ3v) is 4.68. The number of aromatic nitrogens is 1. The van der Waals surface area contributed by atoms with E-state index in [0.717, 1.165) is 0 Å². The van der Waals surface area contributed by atoms with Gasteiger partial charge >= 0.3 is 0 Å². The monoisotopic (exact) mass is 324 g/mol. The molecule has 110 valence electrons. The van der Waals surface area contributed by atoms with Gasteiger partial charge in [-0.3, -0.25) is 9.78 Å². The Kier molecular flexibility index (Phi) is 4.93. The van der Waals surface area contributed by atoms with Gasteiger partial charge in [0.25, 0.3) is 5.91 Å². The van der Waals surface area contributed by atoms with Gasteiger partial charge in [-0.15, -0.1) is 0 Å². The summed E-state index contributed by atoms with van der Waals surface area (Å²) in [6.07, 6.45) is 1.41. The summed E-state index contributed by atoms with van der Waals surface area (Å²) in [5.41, 5.74) is 0.152. The molecule has 1 amide bonds. The molecule has 0 atom stereocenters. The zero-order valence-corrected chi connectivity index (χ0v) is 12.6. The van der Waals surface area contributed by atoms with Crippen molar-refractivity contribution in [3.63, 3.8) is 0 Å². The molecule has 21 heavy (non-hydrogen) atoms. The Hall–Kier alpha value is -1.92. The van der Waals surface area contributed by atoms with E-state index in [-0.39, 0.29) is 22.9 Å². The fourth-order valence-corrected chi connectivity index (χ4v) is 3.00. The fraction of sp³-hybridized carbons (Fsp3) is 0.143. The molecule has 0 saturated heterocycles. The topological polar surface area (TPSA) is 76.1 Å². The van der Waals surface area contributed by atoms with Crippen molar-refractivity contribution >= 4 is 27.3 Å². The lowest BCUT2D eigenvalue weighted by Crippen LogP contribution is -2.29. The third-order valence-electron chi connectivity index (χ3n) is 2.71. The first-order chi connectivity index (χ1) is 9.99. The molecule has 0 saturated carbocycles. The van der Waals surface area contributed by atoms with Crippen molar-refractivity contribution in [2.45, 2.75) is 4.90 Å². The zero-order chi connectivity index (χ0) is 15.3. The summed E-state index contributed by atoms with van der Waals surface area (Å²) in [5, 5.41) is 2.91. The molecule has 5 nitrogen and oxygen atoms in total. The maximum atomic E-state index is 12.0. The van der Waals surface area contributed by atoms with Crippen molar-refractivity contribution in [3.05, 3.63) is 59.4 Å². The number of hydrogen-bond acceptors (Lipinski definition) is 4. The molecule has 0 spiro atoms. The number of benzene rings is 1. The Balaban J connectivity index is 1.94. The van der Waals surface area contributed by atoms with Crippen molar-refractivity contribution in [2.24, 2.45) is 0 Å². The molecule has 0 fully saturated rings. The zero-order valence-electron chi connectivity index (χ0n) is 11.0. The van der Waals surface area contributed by atoms with Gasteiger partial charge in [0, 0.05) is 17.8 Å². The van der Waals surface area contributed by atoms with Crippen LogP contribution in [0.15, 0.2) is 53.6 Å². The van der Waals surface area contributed by atoms with Crippen LogP contribution < -0.4 is 5.32 Å². The van der Waals surface area contributed by atoms with E-state index in [4.69, 9.17) is 11.6 Å². The first-order valence-corrected chi connectivity index (χ1v) is 8.19. The van der Waals surface area contributed by atoms with Gasteiger partial charge in [0.2, 0.25) is 0 Å². The minimum Gasteiger partial charge on any atom is -0.350 e. The average molecular weight is 325 g/mol. The molecular formula is C14H13ClN2O3S. The van der Waals surface area contributed by atoms with Gasteiger partial charge in [-0.05, 0) is 24.3 Å². The van der Waals surface area contributed by atoms with E-state index in [0.29, 0.717) is 5.02 Å². The Bertz CT molecular complexity index is 733. The summed E-state index contributed by atoms with van der Waals surface area (Å²) < 4.78 is 24.0. The number of hydrogen-bond donors (Lipinski definition) is 1. The SMILES string of the molecule is O=C(NCCS(=O)(=O)c1ccccc1)c1cc(Cl)ccn1. The van der Waals surface area contributed by atoms with Crippen LogP contribution in [0.4, 0.5) is 0 Å². The van der Waals surface area contributed by atoms with E-state index in [1.807, 2.05) is 0 Å². The highest BCUT2D eigenvalue weighted by Gasteiger charge is 2.14.